The molecule has 0 radical (unpaired) electrons. The van der Waals surface area contributed by atoms with E-state index in [1.807, 2.05) is 20.8 Å². The summed E-state index contributed by atoms with van der Waals surface area (Å²) < 4.78 is 11.0. The fourth-order valence-corrected chi connectivity index (χ4v) is 4.11. The van der Waals surface area contributed by atoms with E-state index in [4.69, 9.17) is 21.1 Å². The molecule has 1 aliphatic rings. The smallest absolute Gasteiger partial charge is 0.252 e. The van der Waals surface area contributed by atoms with Gasteiger partial charge in [-0.3, -0.25) is 9.59 Å². The largest absolute Gasteiger partial charge is 0.493 e. The van der Waals surface area contributed by atoms with Gasteiger partial charge < -0.3 is 19.7 Å². The van der Waals surface area contributed by atoms with Crippen LogP contribution in [0.5, 0.6) is 11.5 Å². The van der Waals surface area contributed by atoms with Gasteiger partial charge in [-0.15, -0.1) is 0 Å². The molecular weight excluding hydrogens is 392 g/mol. The molecule has 1 fully saturated rings. The highest BCUT2D eigenvalue weighted by molar-refractivity contribution is 6.32. The molecule has 1 N–H and O–H groups in total. The quantitative estimate of drug-likeness (QED) is 0.636. The first-order valence-corrected chi connectivity index (χ1v) is 10.9. The van der Waals surface area contributed by atoms with E-state index in [-0.39, 0.29) is 11.8 Å². The predicted octanol–water partition coefficient (Wildman–Crippen LogP) is 4.44. The second-order valence-corrected chi connectivity index (χ2v) is 7.82. The van der Waals surface area contributed by atoms with Gasteiger partial charge in [-0.2, -0.15) is 0 Å². The van der Waals surface area contributed by atoms with Gasteiger partial charge in [0.25, 0.3) is 5.91 Å². The zero-order valence-corrected chi connectivity index (χ0v) is 18.7. The molecule has 0 heterocycles. The van der Waals surface area contributed by atoms with Crippen LogP contribution in [0.4, 0.5) is 0 Å². The number of hydrogen-bond acceptors (Lipinski definition) is 4. The number of methoxy groups -OCH3 is 1. The van der Waals surface area contributed by atoms with Crippen LogP contribution in [0.25, 0.3) is 0 Å². The van der Waals surface area contributed by atoms with E-state index in [1.165, 1.54) is 7.11 Å². The Balaban J connectivity index is 2.32. The minimum atomic E-state index is -0.863. The van der Waals surface area contributed by atoms with E-state index in [0.29, 0.717) is 54.6 Å². The molecule has 1 aliphatic carbocycles. The Morgan fingerprint density at radius 1 is 1.14 bits per heavy atom. The van der Waals surface area contributed by atoms with Crippen LogP contribution in [-0.2, 0) is 4.79 Å². The Morgan fingerprint density at radius 2 is 1.79 bits per heavy atom. The lowest BCUT2D eigenvalue weighted by Gasteiger charge is -2.40. The number of carbonyl (C=O) groups excluding carboxylic acids is 2. The lowest BCUT2D eigenvalue weighted by atomic mass is 9.80. The van der Waals surface area contributed by atoms with Crippen molar-refractivity contribution in [3.05, 3.63) is 22.7 Å². The van der Waals surface area contributed by atoms with Gasteiger partial charge in [0.15, 0.2) is 11.5 Å². The third-order valence-electron chi connectivity index (χ3n) is 5.46. The van der Waals surface area contributed by atoms with Crippen LogP contribution < -0.4 is 14.8 Å². The number of hydrogen-bond donors (Lipinski definition) is 1. The molecule has 2 amide bonds. The van der Waals surface area contributed by atoms with Gasteiger partial charge >= 0.3 is 0 Å². The van der Waals surface area contributed by atoms with Crippen molar-refractivity contribution in [2.45, 2.75) is 64.8 Å². The van der Waals surface area contributed by atoms with Crippen LogP contribution in [0.15, 0.2) is 12.1 Å². The normalized spacial score (nSPS) is 15.5. The van der Waals surface area contributed by atoms with Crippen LogP contribution in [0.2, 0.25) is 5.02 Å². The van der Waals surface area contributed by atoms with E-state index in [0.717, 1.165) is 25.7 Å². The molecule has 1 aromatic rings. The van der Waals surface area contributed by atoms with Crippen molar-refractivity contribution in [1.29, 1.82) is 0 Å². The number of nitrogens with one attached hydrogen (secondary N) is 1. The van der Waals surface area contributed by atoms with Crippen molar-refractivity contribution in [3.63, 3.8) is 0 Å². The van der Waals surface area contributed by atoms with Crippen LogP contribution in [0.1, 0.15) is 69.7 Å². The third-order valence-corrected chi connectivity index (χ3v) is 5.74. The molecule has 29 heavy (non-hydrogen) atoms. The first-order chi connectivity index (χ1) is 13.9. The zero-order chi connectivity index (χ0) is 21.4. The van der Waals surface area contributed by atoms with Gasteiger partial charge in [-0.25, -0.2) is 0 Å². The van der Waals surface area contributed by atoms with Crippen molar-refractivity contribution >= 4 is 23.4 Å². The first-order valence-electron chi connectivity index (χ1n) is 10.5. The topological polar surface area (TPSA) is 67.9 Å². The standard InChI is InChI=1S/C22H33ClN2O4/c1-5-13-29-19-17(23)14-16(15-18(19)28-4)20(26)24-22(11-9-8-10-12-22)21(27)25(6-2)7-3/h14-15H,5-13H2,1-4H3,(H,24,26). The number of rotatable bonds is 9. The van der Waals surface area contributed by atoms with Crippen LogP contribution >= 0.6 is 11.6 Å². The summed E-state index contributed by atoms with van der Waals surface area (Å²) in [5.41, 5.74) is -0.508. The average Bonchev–Trinajstić information content (AvgIpc) is 2.73. The molecule has 1 aromatic carbocycles. The van der Waals surface area contributed by atoms with Gasteiger partial charge in [-0.05, 0) is 45.2 Å². The highest BCUT2D eigenvalue weighted by Crippen LogP contribution is 2.37. The lowest BCUT2D eigenvalue weighted by molar-refractivity contribution is -0.139. The minimum Gasteiger partial charge on any atom is -0.493 e. The Kier molecular flexibility index (Phi) is 8.62. The highest BCUT2D eigenvalue weighted by atomic mass is 35.5. The summed E-state index contributed by atoms with van der Waals surface area (Å²) in [7, 11) is 1.51. The molecule has 2 rings (SSSR count). The number of halogens is 1. The molecule has 0 spiro atoms. The Morgan fingerprint density at radius 3 is 2.34 bits per heavy atom. The average molecular weight is 425 g/mol. The maximum Gasteiger partial charge on any atom is 0.252 e. The summed E-state index contributed by atoms with van der Waals surface area (Å²) in [6, 6.07) is 3.19. The molecule has 1 saturated carbocycles. The number of amides is 2. The molecule has 0 unspecified atom stereocenters. The molecule has 0 saturated heterocycles. The third kappa shape index (κ3) is 5.35. The number of ether oxygens (including phenoxy) is 2. The van der Waals surface area contributed by atoms with E-state index in [9.17, 15) is 9.59 Å². The maximum atomic E-state index is 13.3. The second-order valence-electron chi connectivity index (χ2n) is 7.41. The van der Waals surface area contributed by atoms with Gasteiger partial charge in [0.05, 0.1) is 18.7 Å². The Labute approximate surface area is 178 Å². The highest BCUT2D eigenvalue weighted by Gasteiger charge is 2.43. The number of carbonyl (C=O) groups is 2. The molecule has 162 valence electrons. The van der Waals surface area contributed by atoms with E-state index in [2.05, 4.69) is 5.32 Å². The van der Waals surface area contributed by atoms with E-state index in [1.54, 1.807) is 17.0 Å². The van der Waals surface area contributed by atoms with Crippen molar-refractivity contribution in [2.24, 2.45) is 0 Å². The Hall–Kier alpha value is -1.95. The van der Waals surface area contributed by atoms with Crippen LogP contribution in [0, 0.1) is 0 Å². The van der Waals surface area contributed by atoms with E-state index < -0.39 is 5.54 Å². The fraction of sp³-hybridized carbons (Fsp3) is 0.636. The first kappa shape index (κ1) is 23.3. The summed E-state index contributed by atoms with van der Waals surface area (Å²) >= 11 is 6.37. The van der Waals surface area contributed by atoms with Crippen molar-refractivity contribution in [3.8, 4) is 11.5 Å². The van der Waals surface area contributed by atoms with Crippen molar-refractivity contribution < 1.29 is 19.1 Å². The van der Waals surface area contributed by atoms with E-state index >= 15 is 0 Å². The van der Waals surface area contributed by atoms with Crippen LogP contribution in [0.3, 0.4) is 0 Å². The maximum absolute atomic E-state index is 13.3. The zero-order valence-electron chi connectivity index (χ0n) is 18.0. The molecule has 6 nitrogen and oxygen atoms in total. The minimum absolute atomic E-state index is 0.00323. The van der Waals surface area contributed by atoms with Crippen molar-refractivity contribution in [1.82, 2.24) is 10.2 Å². The molecule has 0 bridgehead atoms. The van der Waals surface area contributed by atoms with Gasteiger partial charge in [0.2, 0.25) is 5.91 Å². The van der Waals surface area contributed by atoms with Gasteiger partial charge in [0.1, 0.15) is 5.54 Å². The summed E-state index contributed by atoms with van der Waals surface area (Å²) in [5, 5.41) is 3.37. The summed E-state index contributed by atoms with van der Waals surface area (Å²) in [6.45, 7) is 7.66. The molecule has 0 aromatic heterocycles. The molecular formula is C22H33ClN2O4. The number of likely N-dealkylation sites (N-methyl/N-ethyl adjacent to an activating group) is 1. The molecule has 0 aliphatic heterocycles. The van der Waals surface area contributed by atoms with Gasteiger partial charge in [-0.1, -0.05) is 37.8 Å². The Bertz CT molecular complexity index is 713. The van der Waals surface area contributed by atoms with Crippen molar-refractivity contribution in [2.75, 3.05) is 26.8 Å². The SMILES string of the molecule is CCCOc1c(Cl)cc(C(=O)NC2(C(=O)N(CC)CC)CCCCC2)cc1OC. The number of benzene rings is 1. The lowest BCUT2D eigenvalue weighted by Crippen LogP contribution is -2.60. The predicted molar refractivity (Wildman–Crippen MR) is 115 cm³/mol. The summed E-state index contributed by atoms with van der Waals surface area (Å²) in [4.78, 5) is 28.2. The monoisotopic (exact) mass is 424 g/mol. The summed E-state index contributed by atoms with van der Waals surface area (Å²) in [5.74, 6) is 0.509. The van der Waals surface area contributed by atoms with Gasteiger partial charge in [0, 0.05) is 18.7 Å². The molecule has 0 atom stereocenters. The van der Waals surface area contributed by atoms with Crippen LogP contribution in [-0.4, -0.2) is 49.1 Å². The molecule has 7 heteroatoms. The fourth-order valence-electron chi connectivity index (χ4n) is 3.85. The second kappa shape index (κ2) is 10.7. The summed E-state index contributed by atoms with van der Waals surface area (Å²) in [6.07, 6.45) is 5.04. The number of nitrogens with zero attached hydrogens (tertiary/aromatic N) is 1.